The lowest BCUT2D eigenvalue weighted by molar-refractivity contribution is -0.131. The average Bonchev–Trinajstić information content (AvgIpc) is 3.38. The fourth-order valence-corrected chi connectivity index (χ4v) is 5.22. The smallest absolute Gasteiger partial charge is 0.244 e. The molecule has 0 atom stereocenters. The summed E-state index contributed by atoms with van der Waals surface area (Å²) in [6.45, 7) is 2.88. The molecule has 0 spiro atoms. The van der Waals surface area contributed by atoms with Crippen LogP contribution in [-0.2, 0) is 29.0 Å². The number of hydrogen-bond donors (Lipinski definition) is 1. The highest BCUT2D eigenvalue weighted by Gasteiger charge is 2.23. The third kappa shape index (κ3) is 4.77. The maximum Gasteiger partial charge on any atom is 0.244 e. The quantitative estimate of drug-likeness (QED) is 0.472. The van der Waals surface area contributed by atoms with Gasteiger partial charge in [-0.25, -0.2) is 4.98 Å². The summed E-state index contributed by atoms with van der Waals surface area (Å²) in [5, 5.41) is 8.20. The van der Waals surface area contributed by atoms with Crippen molar-refractivity contribution in [3.8, 4) is 22.5 Å². The van der Waals surface area contributed by atoms with Crippen LogP contribution in [0.15, 0.2) is 66.7 Å². The number of aromatic nitrogens is 3. The minimum atomic E-state index is -0.121. The predicted octanol–water partition coefficient (Wildman–Crippen LogP) is 4.26. The van der Waals surface area contributed by atoms with E-state index in [9.17, 15) is 9.59 Å². The predicted molar refractivity (Wildman–Crippen MR) is 134 cm³/mol. The summed E-state index contributed by atoms with van der Waals surface area (Å²) in [5.41, 5.74) is 4.78. The molecule has 0 saturated heterocycles. The van der Waals surface area contributed by atoms with E-state index in [4.69, 9.17) is 5.10 Å². The van der Waals surface area contributed by atoms with Crippen LogP contribution in [0.2, 0.25) is 0 Å². The SMILES string of the molecule is CC(=O)Nc1nc2c(s1)CCN(C(=O)Cn1nc(-c3ccccc3)cc1-c1ccccc1)CC2. The van der Waals surface area contributed by atoms with Gasteiger partial charge < -0.3 is 10.2 Å². The van der Waals surface area contributed by atoms with Gasteiger partial charge in [-0.2, -0.15) is 5.10 Å². The zero-order valence-corrected chi connectivity index (χ0v) is 19.7. The van der Waals surface area contributed by atoms with Gasteiger partial charge in [0.1, 0.15) is 6.54 Å². The number of fused-ring (bicyclic) bond motifs is 1. The Labute approximate surface area is 202 Å². The molecule has 4 aromatic rings. The second-order valence-corrected chi connectivity index (χ2v) is 9.34. The number of nitrogens with one attached hydrogen (secondary N) is 1. The van der Waals surface area contributed by atoms with Crippen LogP contribution in [0.4, 0.5) is 5.13 Å². The first kappa shape index (κ1) is 22.0. The Morgan fingerprint density at radius 3 is 2.35 bits per heavy atom. The van der Waals surface area contributed by atoms with Crippen LogP contribution >= 0.6 is 11.3 Å². The van der Waals surface area contributed by atoms with Crippen molar-refractivity contribution in [2.24, 2.45) is 0 Å². The molecule has 0 saturated carbocycles. The molecule has 1 aliphatic rings. The van der Waals surface area contributed by atoms with Gasteiger partial charge in [-0.3, -0.25) is 14.3 Å². The van der Waals surface area contributed by atoms with E-state index in [0.29, 0.717) is 24.6 Å². The molecule has 2 aromatic carbocycles. The van der Waals surface area contributed by atoms with E-state index >= 15 is 0 Å². The molecular formula is C26H25N5O2S. The Bertz CT molecular complexity index is 1290. The minimum Gasteiger partial charge on any atom is -0.340 e. The summed E-state index contributed by atoms with van der Waals surface area (Å²) < 4.78 is 1.81. The lowest BCUT2D eigenvalue weighted by atomic mass is 10.1. The van der Waals surface area contributed by atoms with Crippen molar-refractivity contribution < 1.29 is 9.59 Å². The Morgan fingerprint density at radius 2 is 1.65 bits per heavy atom. The van der Waals surface area contributed by atoms with Gasteiger partial charge in [0.25, 0.3) is 0 Å². The van der Waals surface area contributed by atoms with Crippen LogP contribution in [0.3, 0.4) is 0 Å². The Hall–Kier alpha value is -3.78. The minimum absolute atomic E-state index is 0.0390. The van der Waals surface area contributed by atoms with Gasteiger partial charge >= 0.3 is 0 Å². The number of benzene rings is 2. The normalized spacial score (nSPS) is 13.3. The molecule has 2 aromatic heterocycles. The number of anilines is 1. The first-order chi connectivity index (χ1) is 16.6. The largest absolute Gasteiger partial charge is 0.340 e. The topological polar surface area (TPSA) is 80.1 Å². The van der Waals surface area contributed by atoms with Gasteiger partial charge in [-0.15, -0.1) is 11.3 Å². The summed E-state index contributed by atoms with van der Waals surface area (Å²) in [6.07, 6.45) is 1.41. The number of hydrogen-bond acceptors (Lipinski definition) is 5. The van der Waals surface area contributed by atoms with Gasteiger partial charge in [-0.05, 0) is 11.6 Å². The monoisotopic (exact) mass is 471 g/mol. The van der Waals surface area contributed by atoms with E-state index in [2.05, 4.69) is 10.3 Å². The van der Waals surface area contributed by atoms with Crippen molar-refractivity contribution in [3.63, 3.8) is 0 Å². The van der Waals surface area contributed by atoms with Gasteiger partial charge in [0.05, 0.1) is 17.1 Å². The number of amides is 2. The van der Waals surface area contributed by atoms with Crippen molar-refractivity contribution in [2.75, 3.05) is 18.4 Å². The molecule has 0 radical (unpaired) electrons. The molecule has 5 rings (SSSR count). The molecule has 8 heteroatoms. The van der Waals surface area contributed by atoms with Crippen LogP contribution in [0, 0.1) is 0 Å². The first-order valence-electron chi connectivity index (χ1n) is 11.3. The average molecular weight is 472 g/mol. The highest BCUT2D eigenvalue weighted by atomic mass is 32.1. The Morgan fingerprint density at radius 1 is 0.971 bits per heavy atom. The molecule has 0 unspecified atom stereocenters. The fourth-order valence-electron chi connectivity index (χ4n) is 4.17. The second-order valence-electron chi connectivity index (χ2n) is 8.26. The van der Waals surface area contributed by atoms with E-state index in [1.165, 1.54) is 18.3 Å². The molecule has 0 fully saturated rings. The Kier molecular flexibility index (Phi) is 6.22. The Balaban J connectivity index is 1.35. The van der Waals surface area contributed by atoms with E-state index in [0.717, 1.165) is 39.5 Å². The van der Waals surface area contributed by atoms with Crippen molar-refractivity contribution in [3.05, 3.63) is 77.3 Å². The zero-order chi connectivity index (χ0) is 23.5. The number of carbonyl (C=O) groups is 2. The molecule has 34 heavy (non-hydrogen) atoms. The second kappa shape index (κ2) is 9.61. The van der Waals surface area contributed by atoms with Gasteiger partial charge in [-0.1, -0.05) is 60.7 Å². The third-order valence-corrected chi connectivity index (χ3v) is 6.92. The van der Waals surface area contributed by atoms with Crippen LogP contribution in [0.25, 0.3) is 22.5 Å². The van der Waals surface area contributed by atoms with E-state index in [1.807, 2.05) is 76.3 Å². The van der Waals surface area contributed by atoms with Crippen LogP contribution in [0.5, 0.6) is 0 Å². The molecule has 3 heterocycles. The summed E-state index contributed by atoms with van der Waals surface area (Å²) in [4.78, 5) is 32.2. The van der Waals surface area contributed by atoms with Crippen molar-refractivity contribution >= 4 is 28.3 Å². The van der Waals surface area contributed by atoms with Gasteiger partial charge in [0, 0.05) is 43.3 Å². The van der Waals surface area contributed by atoms with E-state index in [1.54, 1.807) is 0 Å². The highest BCUT2D eigenvalue weighted by Crippen LogP contribution is 2.28. The van der Waals surface area contributed by atoms with Crippen LogP contribution < -0.4 is 5.32 Å². The molecule has 2 amide bonds. The number of carbonyl (C=O) groups excluding carboxylic acids is 2. The standard InChI is InChI=1S/C26H25N5O2S/c1-18(32)27-26-28-21-12-14-30(15-13-24(21)34-26)25(33)17-31-23(20-10-6-3-7-11-20)16-22(29-31)19-8-4-2-5-9-19/h2-11,16H,12-15,17H2,1H3,(H,27,28,32). The van der Waals surface area contributed by atoms with Crippen molar-refractivity contribution in [1.29, 1.82) is 0 Å². The van der Waals surface area contributed by atoms with Crippen LogP contribution in [0.1, 0.15) is 17.5 Å². The van der Waals surface area contributed by atoms with Gasteiger partial charge in [0.2, 0.25) is 11.8 Å². The number of thiazole rings is 1. The van der Waals surface area contributed by atoms with Gasteiger partial charge in [0.15, 0.2) is 5.13 Å². The fraction of sp³-hybridized carbons (Fsp3) is 0.231. The summed E-state index contributed by atoms with van der Waals surface area (Å²) in [7, 11) is 0. The molecule has 1 aliphatic heterocycles. The van der Waals surface area contributed by atoms with Crippen LogP contribution in [-0.4, -0.2) is 44.6 Å². The summed E-state index contributed by atoms with van der Waals surface area (Å²) in [5.74, 6) is -0.0823. The third-order valence-electron chi connectivity index (χ3n) is 5.85. The molecule has 7 nitrogen and oxygen atoms in total. The molecule has 0 bridgehead atoms. The van der Waals surface area contributed by atoms with Crippen molar-refractivity contribution in [1.82, 2.24) is 19.7 Å². The maximum atomic E-state index is 13.3. The molecular weight excluding hydrogens is 446 g/mol. The molecule has 1 N–H and O–H groups in total. The lowest BCUT2D eigenvalue weighted by Crippen LogP contribution is -2.36. The van der Waals surface area contributed by atoms with E-state index < -0.39 is 0 Å². The number of rotatable bonds is 5. The summed E-state index contributed by atoms with van der Waals surface area (Å²) >= 11 is 1.50. The first-order valence-corrected chi connectivity index (χ1v) is 12.1. The highest BCUT2D eigenvalue weighted by molar-refractivity contribution is 7.15. The maximum absolute atomic E-state index is 13.3. The molecule has 172 valence electrons. The van der Waals surface area contributed by atoms with E-state index in [-0.39, 0.29) is 18.4 Å². The molecule has 0 aliphatic carbocycles. The zero-order valence-electron chi connectivity index (χ0n) is 18.9. The lowest BCUT2D eigenvalue weighted by Gasteiger charge is -2.21. The summed E-state index contributed by atoms with van der Waals surface area (Å²) in [6, 6.07) is 22.1. The number of nitrogens with zero attached hydrogens (tertiary/aromatic N) is 4. The van der Waals surface area contributed by atoms with Crippen molar-refractivity contribution in [2.45, 2.75) is 26.3 Å².